The van der Waals surface area contributed by atoms with Crippen LogP contribution in [0.15, 0.2) is 12.1 Å². The number of amides is 2. The van der Waals surface area contributed by atoms with Gasteiger partial charge < -0.3 is 5.32 Å². The number of carbonyl (C=O) groups is 1. The van der Waals surface area contributed by atoms with Gasteiger partial charge in [-0.15, -0.1) is 0 Å². The zero-order valence-electron chi connectivity index (χ0n) is 16.6. The maximum atomic E-state index is 13.9. The van der Waals surface area contributed by atoms with Crippen LogP contribution in [-0.2, 0) is 10.0 Å². The third-order valence-electron chi connectivity index (χ3n) is 4.65. The summed E-state index contributed by atoms with van der Waals surface area (Å²) in [7, 11) is -4.15. The summed E-state index contributed by atoms with van der Waals surface area (Å²) in [4.78, 5) is 13.3. The van der Waals surface area contributed by atoms with Gasteiger partial charge in [-0.05, 0) is 35.1 Å². The molecule has 1 saturated heterocycles. The molecule has 1 heterocycles. The van der Waals surface area contributed by atoms with Gasteiger partial charge in [0.2, 0.25) is 10.0 Å². The molecule has 29 heavy (non-hydrogen) atoms. The van der Waals surface area contributed by atoms with Crippen molar-refractivity contribution in [3.8, 4) is 0 Å². The molecule has 1 aromatic rings. The van der Waals surface area contributed by atoms with E-state index in [9.17, 15) is 30.8 Å². The molecule has 1 aliphatic rings. The lowest BCUT2D eigenvalue weighted by Crippen LogP contribution is -2.60. The minimum Gasteiger partial charge on any atom is -0.307 e. The minimum absolute atomic E-state index is 0.141. The van der Waals surface area contributed by atoms with Crippen LogP contribution in [0.25, 0.3) is 0 Å². The van der Waals surface area contributed by atoms with Crippen LogP contribution in [0.1, 0.15) is 50.7 Å². The van der Waals surface area contributed by atoms with E-state index in [1.54, 1.807) is 0 Å². The third kappa shape index (κ3) is 6.05. The van der Waals surface area contributed by atoms with Gasteiger partial charge in [0.25, 0.3) is 0 Å². The van der Waals surface area contributed by atoms with Crippen LogP contribution >= 0.6 is 0 Å². The number of hydrogen-bond donors (Lipinski definition) is 2. The molecule has 0 saturated carbocycles. The van der Waals surface area contributed by atoms with E-state index in [0.717, 1.165) is 4.90 Å². The molecule has 2 amide bonds. The van der Waals surface area contributed by atoms with Gasteiger partial charge >= 0.3 is 12.2 Å². The number of anilines is 1. The van der Waals surface area contributed by atoms with Crippen LogP contribution in [0.5, 0.6) is 0 Å². The predicted molar refractivity (Wildman–Crippen MR) is 102 cm³/mol. The van der Waals surface area contributed by atoms with E-state index >= 15 is 0 Å². The van der Waals surface area contributed by atoms with E-state index in [2.05, 4.69) is 5.32 Å². The normalized spacial score (nSPS) is 16.2. The van der Waals surface area contributed by atoms with Gasteiger partial charge in [0.15, 0.2) is 0 Å². The fourth-order valence-electron chi connectivity index (χ4n) is 3.16. The standard InChI is InChI=1S/C18H25F4N3O3S/c1-10(2)14-5-12(19)6-15(11(3)4)16(14)23-17(26)24-29(27,28)13-7-25(8-13)9-18(20,21)22/h5-6,10-11,13H,7-9H2,1-4H3,(H2,23,24,26). The number of alkyl halides is 3. The monoisotopic (exact) mass is 439 g/mol. The number of sulfonamides is 1. The number of halogens is 4. The van der Waals surface area contributed by atoms with E-state index < -0.39 is 39.8 Å². The van der Waals surface area contributed by atoms with Crippen LogP contribution in [0.2, 0.25) is 0 Å². The molecule has 11 heteroatoms. The number of rotatable bonds is 6. The Bertz CT molecular complexity index is 835. The molecule has 0 bridgehead atoms. The molecule has 0 spiro atoms. The summed E-state index contributed by atoms with van der Waals surface area (Å²) in [5, 5.41) is 1.38. The van der Waals surface area contributed by atoms with Gasteiger partial charge in [-0.25, -0.2) is 22.3 Å². The highest BCUT2D eigenvalue weighted by atomic mass is 32.2. The second kappa shape index (κ2) is 8.47. The topological polar surface area (TPSA) is 78.5 Å². The highest BCUT2D eigenvalue weighted by Gasteiger charge is 2.43. The van der Waals surface area contributed by atoms with Crippen molar-refractivity contribution in [2.45, 2.75) is 51.0 Å². The molecule has 1 aliphatic heterocycles. The average Bonchev–Trinajstić information content (AvgIpc) is 2.49. The Hall–Kier alpha value is -1.88. The van der Waals surface area contributed by atoms with Crippen LogP contribution in [0.4, 0.5) is 28.0 Å². The van der Waals surface area contributed by atoms with Crippen molar-refractivity contribution in [1.82, 2.24) is 9.62 Å². The summed E-state index contributed by atoms with van der Waals surface area (Å²) in [6.07, 6.45) is -4.41. The van der Waals surface area contributed by atoms with E-state index in [-0.39, 0.29) is 24.9 Å². The third-order valence-corrected chi connectivity index (χ3v) is 6.29. The molecule has 0 atom stereocenters. The number of benzene rings is 1. The first-order valence-corrected chi connectivity index (χ1v) is 10.7. The van der Waals surface area contributed by atoms with E-state index in [1.165, 1.54) is 12.1 Å². The summed E-state index contributed by atoms with van der Waals surface area (Å²) in [5.74, 6) is -0.745. The van der Waals surface area contributed by atoms with E-state index in [0.29, 0.717) is 16.8 Å². The molecule has 0 radical (unpaired) electrons. The second-order valence-corrected chi connectivity index (χ2v) is 9.76. The molecule has 164 valence electrons. The second-order valence-electron chi connectivity index (χ2n) is 7.80. The van der Waals surface area contributed by atoms with Gasteiger partial charge in [-0.1, -0.05) is 27.7 Å². The number of likely N-dealkylation sites (tertiary alicyclic amines) is 1. The summed E-state index contributed by atoms with van der Waals surface area (Å²) in [6.45, 7) is 5.41. The van der Waals surface area contributed by atoms with Crippen molar-refractivity contribution in [3.63, 3.8) is 0 Å². The average molecular weight is 439 g/mol. The van der Waals surface area contributed by atoms with Crippen molar-refractivity contribution in [2.75, 3.05) is 25.0 Å². The van der Waals surface area contributed by atoms with Gasteiger partial charge in [0.1, 0.15) is 11.1 Å². The number of nitrogens with one attached hydrogen (secondary N) is 2. The summed E-state index contributed by atoms with van der Waals surface area (Å²) in [6, 6.07) is 1.53. The van der Waals surface area contributed by atoms with Gasteiger partial charge in [0.05, 0.1) is 6.54 Å². The molecule has 2 rings (SSSR count). The van der Waals surface area contributed by atoms with Crippen molar-refractivity contribution >= 4 is 21.7 Å². The molecule has 2 N–H and O–H groups in total. The SMILES string of the molecule is CC(C)c1cc(F)cc(C(C)C)c1NC(=O)NS(=O)(=O)C1CN(CC(F)(F)F)C1. The van der Waals surface area contributed by atoms with Crippen LogP contribution < -0.4 is 10.0 Å². The van der Waals surface area contributed by atoms with Crippen molar-refractivity contribution < 1.29 is 30.8 Å². The first kappa shape index (κ1) is 23.4. The molecule has 0 aromatic heterocycles. The van der Waals surface area contributed by atoms with Crippen molar-refractivity contribution in [2.24, 2.45) is 0 Å². The Morgan fingerprint density at radius 2 is 1.62 bits per heavy atom. The van der Waals surface area contributed by atoms with Gasteiger partial charge in [0, 0.05) is 18.8 Å². The van der Waals surface area contributed by atoms with Gasteiger partial charge in [-0.3, -0.25) is 4.90 Å². The van der Waals surface area contributed by atoms with Crippen LogP contribution in [0.3, 0.4) is 0 Å². The highest BCUT2D eigenvalue weighted by Crippen LogP contribution is 2.33. The van der Waals surface area contributed by atoms with E-state index in [1.807, 2.05) is 32.4 Å². The number of urea groups is 1. The molecule has 1 aromatic carbocycles. The lowest BCUT2D eigenvalue weighted by molar-refractivity contribution is -0.152. The number of hydrogen-bond acceptors (Lipinski definition) is 4. The molecular formula is C18H25F4N3O3S. The molecular weight excluding hydrogens is 414 g/mol. The van der Waals surface area contributed by atoms with Crippen LogP contribution in [0, 0.1) is 5.82 Å². The van der Waals surface area contributed by atoms with Crippen molar-refractivity contribution in [1.29, 1.82) is 0 Å². The highest BCUT2D eigenvalue weighted by molar-refractivity contribution is 7.90. The fourth-order valence-corrected chi connectivity index (χ4v) is 4.45. The first-order valence-electron chi connectivity index (χ1n) is 9.14. The Balaban J connectivity index is 2.11. The smallest absolute Gasteiger partial charge is 0.307 e. The Labute approximate surface area is 167 Å². The lowest BCUT2D eigenvalue weighted by Gasteiger charge is -2.38. The van der Waals surface area contributed by atoms with Crippen LogP contribution in [-0.4, -0.2) is 50.4 Å². The Morgan fingerprint density at radius 1 is 1.14 bits per heavy atom. The molecule has 1 fully saturated rings. The van der Waals surface area contributed by atoms with E-state index in [4.69, 9.17) is 0 Å². The maximum absolute atomic E-state index is 13.9. The van der Waals surface area contributed by atoms with Crippen molar-refractivity contribution in [3.05, 3.63) is 29.1 Å². The summed E-state index contributed by atoms with van der Waals surface area (Å²) < 4.78 is 77.4. The zero-order valence-corrected chi connectivity index (χ0v) is 17.4. The Morgan fingerprint density at radius 3 is 2.03 bits per heavy atom. The quantitative estimate of drug-likeness (QED) is 0.662. The number of carbonyl (C=O) groups excluding carboxylic acids is 1. The first-order chi connectivity index (χ1) is 13.2. The lowest BCUT2D eigenvalue weighted by atomic mass is 9.92. The maximum Gasteiger partial charge on any atom is 0.401 e. The summed E-state index contributed by atoms with van der Waals surface area (Å²) >= 11 is 0. The fraction of sp³-hybridized carbons (Fsp3) is 0.611. The molecule has 0 aliphatic carbocycles. The molecule has 6 nitrogen and oxygen atoms in total. The largest absolute Gasteiger partial charge is 0.401 e. The summed E-state index contributed by atoms with van der Waals surface area (Å²) in [5.41, 5.74) is 1.36. The van der Waals surface area contributed by atoms with Gasteiger partial charge in [-0.2, -0.15) is 13.2 Å². The number of nitrogens with zero attached hydrogens (tertiary/aromatic N) is 1. The predicted octanol–water partition coefficient (Wildman–Crippen LogP) is 3.77. The zero-order chi connectivity index (χ0) is 22.1. The molecule has 0 unspecified atom stereocenters. The minimum atomic E-state index is -4.41. The Kier molecular flexibility index (Phi) is 6.83.